The molecule has 2 heterocycles. The van der Waals surface area contributed by atoms with Crippen molar-refractivity contribution in [3.63, 3.8) is 0 Å². The number of halogens is 2. The summed E-state index contributed by atoms with van der Waals surface area (Å²) in [5.41, 5.74) is 8.40. The van der Waals surface area contributed by atoms with Crippen LogP contribution in [-0.4, -0.2) is 74.6 Å². The van der Waals surface area contributed by atoms with Gasteiger partial charge in [0, 0.05) is 19.5 Å². The fourth-order valence-corrected chi connectivity index (χ4v) is 6.57. The molecule has 4 aromatic carbocycles. The highest BCUT2D eigenvalue weighted by Gasteiger charge is 2.52. The van der Waals surface area contributed by atoms with Crippen LogP contribution >= 0.6 is 23.2 Å². The second kappa shape index (κ2) is 13.4. The molecular formula is C34H31Cl2N7O4. The standard InChI is InChI=1S/C34H31Cl2N7O4/c35-26-10-8-22(14-27(26)36)17-39-34(47)41(13-12-37)42-20-32(45)43-29(16-21-9-11-30(44)28(38)15-21)33(46)40(19-31(42)43)18-24-6-3-5-23-4-1-2-7-25(23)24/h1-11,14-15,29,31,44H,13,16-20,38H2,(H,39,47)/t29-,31?/m0/s1. The monoisotopic (exact) mass is 671 g/mol. The van der Waals surface area contributed by atoms with Gasteiger partial charge in [-0.05, 0) is 51.7 Å². The molecule has 13 heteroatoms. The molecule has 0 saturated carbocycles. The Labute approximate surface area is 281 Å². The minimum Gasteiger partial charge on any atom is -0.506 e. The van der Waals surface area contributed by atoms with E-state index in [4.69, 9.17) is 28.9 Å². The van der Waals surface area contributed by atoms with E-state index in [1.54, 1.807) is 40.2 Å². The Morgan fingerprint density at radius 2 is 1.79 bits per heavy atom. The van der Waals surface area contributed by atoms with E-state index in [1.165, 1.54) is 16.0 Å². The fraction of sp³-hybridized carbons (Fsp3) is 0.235. The number of carbonyl (C=O) groups excluding carboxylic acids is 3. The number of hydrazine groups is 1. The zero-order valence-corrected chi connectivity index (χ0v) is 26.7. The molecule has 240 valence electrons. The maximum Gasteiger partial charge on any atom is 0.333 e. The summed E-state index contributed by atoms with van der Waals surface area (Å²) < 4.78 is 0. The van der Waals surface area contributed by atoms with Crippen molar-refractivity contribution in [3.8, 4) is 11.8 Å². The number of benzene rings is 4. The summed E-state index contributed by atoms with van der Waals surface area (Å²) in [5.74, 6) is -0.696. The second-order valence-electron chi connectivity index (χ2n) is 11.5. The van der Waals surface area contributed by atoms with Gasteiger partial charge in [0.25, 0.3) is 0 Å². The molecule has 2 aliphatic rings. The number of urea groups is 1. The van der Waals surface area contributed by atoms with Crippen LogP contribution in [0.15, 0.2) is 78.9 Å². The molecule has 47 heavy (non-hydrogen) atoms. The molecule has 0 aliphatic carbocycles. The van der Waals surface area contributed by atoms with Crippen LogP contribution in [0.5, 0.6) is 5.75 Å². The van der Waals surface area contributed by atoms with E-state index in [0.29, 0.717) is 21.2 Å². The Hall–Kier alpha value is -5.02. The van der Waals surface area contributed by atoms with E-state index in [0.717, 1.165) is 16.3 Å². The number of phenolic OH excluding ortho intramolecular Hbond substituents is 1. The maximum absolute atomic E-state index is 14.2. The van der Waals surface area contributed by atoms with Crippen molar-refractivity contribution in [2.24, 2.45) is 0 Å². The van der Waals surface area contributed by atoms with E-state index in [9.17, 15) is 24.8 Å². The summed E-state index contributed by atoms with van der Waals surface area (Å²) in [6.45, 7) is -0.0750. The number of nitrogen functional groups attached to an aromatic ring is 1. The SMILES string of the molecule is N#CCN(C(=O)NCc1ccc(Cl)c(Cl)c1)N1CC(=O)N2C1CN(Cc1cccc3ccccc13)C(=O)[C@@H]2Cc1ccc(O)c(N)c1. The summed E-state index contributed by atoms with van der Waals surface area (Å²) in [5, 5.41) is 28.0. The third-order valence-corrected chi connectivity index (χ3v) is 9.26. The van der Waals surface area contributed by atoms with Crippen molar-refractivity contribution in [1.82, 2.24) is 25.1 Å². The van der Waals surface area contributed by atoms with Gasteiger partial charge in [-0.1, -0.05) is 77.8 Å². The number of nitrogens with zero attached hydrogens (tertiary/aromatic N) is 5. The first-order valence-electron chi connectivity index (χ1n) is 14.9. The van der Waals surface area contributed by atoms with E-state index >= 15 is 0 Å². The number of nitrogens with two attached hydrogens (primary N) is 1. The molecule has 6 rings (SSSR count). The first-order valence-corrected chi connectivity index (χ1v) is 15.7. The molecule has 0 radical (unpaired) electrons. The van der Waals surface area contributed by atoms with E-state index in [1.807, 2.05) is 48.5 Å². The number of carbonyl (C=O) groups is 3. The topological polar surface area (TPSA) is 146 Å². The number of rotatable bonds is 8. The molecule has 1 unspecified atom stereocenters. The lowest BCUT2D eigenvalue weighted by Gasteiger charge is -2.46. The van der Waals surface area contributed by atoms with Crippen molar-refractivity contribution < 1.29 is 19.5 Å². The quantitative estimate of drug-likeness (QED) is 0.142. The van der Waals surface area contributed by atoms with E-state index in [-0.39, 0.29) is 62.4 Å². The largest absolute Gasteiger partial charge is 0.506 e. The lowest BCUT2D eigenvalue weighted by atomic mass is 9.98. The van der Waals surface area contributed by atoms with Gasteiger partial charge in [0.15, 0.2) is 0 Å². The van der Waals surface area contributed by atoms with E-state index < -0.39 is 18.2 Å². The summed E-state index contributed by atoms with van der Waals surface area (Å²) >= 11 is 12.2. The van der Waals surface area contributed by atoms with Gasteiger partial charge in [-0.15, -0.1) is 0 Å². The highest BCUT2D eigenvalue weighted by molar-refractivity contribution is 6.42. The van der Waals surface area contributed by atoms with Crippen LogP contribution in [0, 0.1) is 11.3 Å². The first-order chi connectivity index (χ1) is 22.6. The predicted octanol–water partition coefficient (Wildman–Crippen LogP) is 4.51. The number of nitrogens with one attached hydrogen (secondary N) is 1. The highest BCUT2D eigenvalue weighted by atomic mass is 35.5. The normalized spacial score (nSPS) is 17.9. The van der Waals surface area contributed by atoms with Crippen molar-refractivity contribution in [1.29, 1.82) is 5.26 Å². The molecule has 11 nitrogen and oxygen atoms in total. The Kier molecular flexibility index (Phi) is 9.09. The average Bonchev–Trinajstić information content (AvgIpc) is 3.38. The van der Waals surface area contributed by atoms with Gasteiger partial charge in [-0.25, -0.2) is 9.80 Å². The number of fused-ring (bicyclic) bond motifs is 2. The molecule has 2 aliphatic heterocycles. The zero-order valence-electron chi connectivity index (χ0n) is 25.1. The third-order valence-electron chi connectivity index (χ3n) is 8.52. The van der Waals surface area contributed by atoms with Crippen molar-refractivity contribution in [2.45, 2.75) is 31.7 Å². The Morgan fingerprint density at radius 3 is 2.55 bits per heavy atom. The number of hydrogen-bond donors (Lipinski definition) is 3. The van der Waals surface area contributed by atoms with Crippen LogP contribution in [0.4, 0.5) is 10.5 Å². The third kappa shape index (κ3) is 6.49. The maximum atomic E-state index is 14.2. The lowest BCUT2D eigenvalue weighted by molar-refractivity contribution is -0.157. The molecule has 2 atom stereocenters. The summed E-state index contributed by atoms with van der Waals surface area (Å²) in [4.78, 5) is 44.7. The zero-order chi connectivity index (χ0) is 33.2. The van der Waals surface area contributed by atoms with Crippen LogP contribution in [0.2, 0.25) is 10.0 Å². The molecule has 4 amide bonds. The van der Waals surface area contributed by atoms with Gasteiger partial charge < -0.3 is 26.0 Å². The van der Waals surface area contributed by atoms with Gasteiger partial charge in [0.1, 0.15) is 24.5 Å². The van der Waals surface area contributed by atoms with Crippen LogP contribution in [0.25, 0.3) is 10.8 Å². The lowest BCUT2D eigenvalue weighted by Crippen LogP contribution is -2.66. The first kappa shape index (κ1) is 31.9. The van der Waals surface area contributed by atoms with Gasteiger partial charge >= 0.3 is 6.03 Å². The molecule has 2 saturated heterocycles. The minimum atomic E-state index is -0.923. The van der Waals surface area contributed by atoms with Crippen molar-refractivity contribution in [2.75, 3.05) is 25.4 Å². The molecule has 4 N–H and O–H groups in total. The molecule has 0 bridgehead atoms. The van der Waals surface area contributed by atoms with Gasteiger partial charge in [0.2, 0.25) is 11.8 Å². The molecule has 4 aromatic rings. The fourth-order valence-electron chi connectivity index (χ4n) is 6.25. The number of aromatic hydroxyl groups is 1. The molecule has 2 fully saturated rings. The molecule has 0 spiro atoms. The summed E-state index contributed by atoms with van der Waals surface area (Å²) in [6.07, 6.45) is -0.605. The molecule has 0 aromatic heterocycles. The average molecular weight is 673 g/mol. The van der Waals surface area contributed by atoms with Crippen LogP contribution < -0.4 is 11.1 Å². The Balaban J connectivity index is 1.32. The number of hydrogen-bond acceptors (Lipinski definition) is 7. The van der Waals surface area contributed by atoms with Crippen LogP contribution in [0.3, 0.4) is 0 Å². The summed E-state index contributed by atoms with van der Waals surface area (Å²) in [6, 6.07) is 24.0. The van der Waals surface area contributed by atoms with Crippen LogP contribution in [0.1, 0.15) is 16.7 Å². The highest BCUT2D eigenvalue weighted by Crippen LogP contribution is 2.32. The van der Waals surface area contributed by atoms with Crippen molar-refractivity contribution >= 4 is 57.5 Å². The number of anilines is 1. The number of piperazine rings is 1. The minimum absolute atomic E-state index is 0.0818. The number of nitriles is 1. The smallest absolute Gasteiger partial charge is 0.333 e. The van der Waals surface area contributed by atoms with Gasteiger partial charge in [0.05, 0.1) is 34.9 Å². The van der Waals surface area contributed by atoms with E-state index in [2.05, 4.69) is 5.32 Å². The Bertz CT molecular complexity index is 1910. The van der Waals surface area contributed by atoms with Gasteiger partial charge in [-0.2, -0.15) is 10.3 Å². The number of phenols is 1. The second-order valence-corrected chi connectivity index (χ2v) is 12.3. The molecular weight excluding hydrogens is 641 g/mol. The number of amides is 4. The summed E-state index contributed by atoms with van der Waals surface area (Å²) in [7, 11) is 0. The van der Waals surface area contributed by atoms with Crippen LogP contribution in [-0.2, 0) is 29.1 Å². The Morgan fingerprint density at radius 1 is 1.02 bits per heavy atom. The predicted molar refractivity (Wildman–Crippen MR) is 178 cm³/mol. The van der Waals surface area contributed by atoms with Crippen molar-refractivity contribution in [3.05, 3.63) is 106 Å². The van der Waals surface area contributed by atoms with Gasteiger partial charge in [-0.3, -0.25) is 9.59 Å².